The lowest BCUT2D eigenvalue weighted by Gasteiger charge is -2.22. The molecule has 0 radical (unpaired) electrons. The molecule has 1 fully saturated rings. The first-order chi connectivity index (χ1) is 8.68. The lowest BCUT2D eigenvalue weighted by Crippen LogP contribution is -2.24. The van der Waals surface area contributed by atoms with E-state index in [4.69, 9.17) is 16.3 Å². The van der Waals surface area contributed by atoms with Gasteiger partial charge in [-0.3, -0.25) is 4.79 Å². The Hall–Kier alpha value is -1.02. The summed E-state index contributed by atoms with van der Waals surface area (Å²) < 4.78 is 5.21. The van der Waals surface area contributed by atoms with Crippen LogP contribution in [0.15, 0.2) is 30.3 Å². The van der Waals surface area contributed by atoms with Crippen molar-refractivity contribution in [1.29, 1.82) is 0 Å². The quantitative estimate of drug-likeness (QED) is 0.606. The zero-order valence-electron chi connectivity index (χ0n) is 10.6. The number of hydrogen-bond acceptors (Lipinski definition) is 2. The normalized spacial score (nSPS) is 19.4. The Kier molecular flexibility index (Phi) is 4.65. The molecule has 0 unspecified atom stereocenters. The van der Waals surface area contributed by atoms with Crippen LogP contribution in [0.4, 0.5) is 0 Å². The minimum Gasteiger partial charge on any atom is -0.446 e. The van der Waals surface area contributed by atoms with Crippen LogP contribution in [0, 0.1) is 5.92 Å². The van der Waals surface area contributed by atoms with Crippen molar-refractivity contribution in [3.8, 4) is 0 Å². The Morgan fingerprint density at radius 1 is 1.28 bits per heavy atom. The summed E-state index contributed by atoms with van der Waals surface area (Å²) in [6, 6.07) is 9.90. The van der Waals surface area contributed by atoms with E-state index in [9.17, 15) is 4.79 Å². The fraction of sp³-hybridized carbons (Fsp3) is 0.533. The van der Waals surface area contributed by atoms with Crippen molar-refractivity contribution in [2.45, 2.75) is 44.1 Å². The van der Waals surface area contributed by atoms with Gasteiger partial charge in [0.1, 0.15) is 0 Å². The van der Waals surface area contributed by atoms with E-state index in [0.29, 0.717) is 5.92 Å². The van der Waals surface area contributed by atoms with Gasteiger partial charge in [0.2, 0.25) is 0 Å². The molecule has 0 aliphatic heterocycles. The van der Waals surface area contributed by atoms with Gasteiger partial charge in [-0.1, -0.05) is 54.8 Å². The lowest BCUT2D eigenvalue weighted by atomic mass is 9.85. The molecular weight excluding hydrogens is 248 g/mol. The molecule has 2 atom stereocenters. The van der Waals surface area contributed by atoms with Crippen LogP contribution in [0.25, 0.3) is 0 Å². The number of rotatable bonds is 4. The van der Waals surface area contributed by atoms with Crippen molar-refractivity contribution in [2.75, 3.05) is 0 Å². The van der Waals surface area contributed by atoms with Crippen LogP contribution >= 0.6 is 11.6 Å². The number of carbonyl (C=O) groups excluding carboxylic acids is 1. The Balaban J connectivity index is 2.20. The molecule has 1 aliphatic carbocycles. The maximum Gasteiger partial charge on any atom is 0.315 e. The monoisotopic (exact) mass is 266 g/mol. The third-order valence-electron chi connectivity index (χ3n) is 3.56. The van der Waals surface area contributed by atoms with Gasteiger partial charge in [0.15, 0.2) is 5.56 Å². The maximum atomic E-state index is 12.2. The number of alkyl halides is 1. The first kappa shape index (κ1) is 13.4. The van der Waals surface area contributed by atoms with E-state index in [1.807, 2.05) is 30.3 Å². The van der Waals surface area contributed by atoms with Crippen molar-refractivity contribution in [3.63, 3.8) is 0 Å². The molecule has 2 rings (SSSR count). The number of ether oxygens (including phenoxy) is 1. The molecule has 1 aliphatic rings. The summed E-state index contributed by atoms with van der Waals surface area (Å²) in [5, 5.41) is 0. The van der Waals surface area contributed by atoms with Gasteiger partial charge in [-0.2, -0.15) is 0 Å². The summed E-state index contributed by atoms with van der Waals surface area (Å²) in [5.41, 5.74) is 0.483. The highest BCUT2D eigenvalue weighted by Crippen LogP contribution is 2.38. The fourth-order valence-electron chi connectivity index (χ4n) is 2.79. The minimum absolute atomic E-state index is 0.158. The van der Waals surface area contributed by atoms with Gasteiger partial charge in [-0.15, -0.1) is 0 Å². The fourth-order valence-corrected chi connectivity index (χ4v) is 2.87. The second-order valence-electron chi connectivity index (χ2n) is 4.91. The van der Waals surface area contributed by atoms with Gasteiger partial charge in [-0.25, -0.2) is 0 Å². The highest BCUT2D eigenvalue weighted by Gasteiger charge is 2.33. The highest BCUT2D eigenvalue weighted by molar-refractivity contribution is 6.20. The molecule has 1 aromatic rings. The summed E-state index contributed by atoms with van der Waals surface area (Å²) in [5.74, 6) is 0.0563. The van der Waals surface area contributed by atoms with Gasteiger partial charge < -0.3 is 4.74 Å². The van der Waals surface area contributed by atoms with E-state index in [-0.39, 0.29) is 11.9 Å². The summed E-state index contributed by atoms with van der Waals surface area (Å²) in [6.07, 6.45) is 4.62. The third kappa shape index (κ3) is 3.26. The van der Waals surface area contributed by atoms with Crippen LogP contribution in [0.3, 0.4) is 0 Å². The van der Waals surface area contributed by atoms with E-state index < -0.39 is 5.56 Å². The third-order valence-corrected chi connectivity index (χ3v) is 3.65. The second-order valence-corrected chi connectivity index (χ2v) is 5.53. The van der Waals surface area contributed by atoms with Crippen molar-refractivity contribution < 1.29 is 9.53 Å². The van der Waals surface area contributed by atoms with E-state index in [1.165, 1.54) is 12.8 Å². The van der Waals surface area contributed by atoms with Crippen LogP contribution in [0.2, 0.25) is 0 Å². The molecule has 3 heteroatoms. The molecule has 0 saturated heterocycles. The molecule has 2 nitrogen and oxygen atoms in total. The van der Waals surface area contributed by atoms with Gasteiger partial charge in [0, 0.05) is 0 Å². The first-order valence-corrected chi connectivity index (χ1v) is 7.01. The van der Waals surface area contributed by atoms with Crippen LogP contribution < -0.4 is 0 Å². The molecule has 0 spiro atoms. The molecule has 0 aromatic heterocycles. The molecule has 98 valence electrons. The average Bonchev–Trinajstić information content (AvgIpc) is 2.83. The largest absolute Gasteiger partial charge is 0.446 e. The summed E-state index contributed by atoms with van der Waals surface area (Å²) >= 11 is 5.77. The van der Waals surface area contributed by atoms with Gasteiger partial charge in [-0.05, 0) is 31.2 Å². The summed E-state index contributed by atoms with van der Waals surface area (Å²) in [6.45, 7) is 1.68. The van der Waals surface area contributed by atoms with Crippen molar-refractivity contribution in [3.05, 3.63) is 35.9 Å². The highest BCUT2D eigenvalue weighted by atomic mass is 35.5. The molecule has 1 aromatic carbocycles. The first-order valence-electron chi connectivity index (χ1n) is 6.58. The average molecular weight is 267 g/mol. The van der Waals surface area contributed by atoms with Gasteiger partial charge in [0.05, 0.1) is 5.92 Å². The Morgan fingerprint density at radius 3 is 2.44 bits per heavy atom. The predicted molar refractivity (Wildman–Crippen MR) is 72.5 cm³/mol. The minimum atomic E-state index is -0.565. The van der Waals surface area contributed by atoms with Crippen LogP contribution in [-0.2, 0) is 9.53 Å². The van der Waals surface area contributed by atoms with E-state index in [2.05, 4.69) is 0 Å². The summed E-state index contributed by atoms with van der Waals surface area (Å²) in [4.78, 5) is 12.2. The van der Waals surface area contributed by atoms with Gasteiger partial charge in [0.25, 0.3) is 0 Å². The van der Waals surface area contributed by atoms with Crippen molar-refractivity contribution in [2.24, 2.45) is 5.92 Å². The Bertz CT molecular complexity index is 383. The maximum absolute atomic E-state index is 12.2. The molecule has 0 N–H and O–H groups in total. The van der Waals surface area contributed by atoms with E-state index in [0.717, 1.165) is 18.4 Å². The number of esters is 1. The van der Waals surface area contributed by atoms with E-state index >= 15 is 0 Å². The zero-order chi connectivity index (χ0) is 13.0. The predicted octanol–water partition coefficient (Wildman–Crippen LogP) is 4.09. The topological polar surface area (TPSA) is 26.3 Å². The molecule has 1 saturated carbocycles. The number of benzene rings is 1. The molecule has 18 heavy (non-hydrogen) atoms. The lowest BCUT2D eigenvalue weighted by molar-refractivity contribution is -0.148. The number of halogens is 1. The van der Waals surface area contributed by atoms with Crippen LogP contribution in [0.1, 0.15) is 44.1 Å². The van der Waals surface area contributed by atoms with Crippen LogP contribution in [0.5, 0.6) is 0 Å². The Morgan fingerprint density at radius 2 is 1.89 bits per heavy atom. The molecule has 0 bridgehead atoms. The van der Waals surface area contributed by atoms with Crippen LogP contribution in [-0.4, -0.2) is 11.5 Å². The zero-order valence-corrected chi connectivity index (χ0v) is 11.4. The molecular formula is C15H19ClO2. The number of hydrogen-bond donors (Lipinski definition) is 0. The van der Waals surface area contributed by atoms with Gasteiger partial charge >= 0.3 is 5.97 Å². The number of carbonyl (C=O) groups is 1. The van der Waals surface area contributed by atoms with Crippen molar-refractivity contribution >= 4 is 17.6 Å². The molecule has 0 amide bonds. The Labute approximate surface area is 113 Å². The second kappa shape index (κ2) is 6.24. The summed E-state index contributed by atoms with van der Waals surface area (Å²) in [7, 11) is 0. The van der Waals surface area contributed by atoms with Crippen molar-refractivity contribution in [1.82, 2.24) is 0 Å². The smallest absolute Gasteiger partial charge is 0.315 e. The SMILES string of the molecule is C[C@H](Cl)OC(=O)[C@@H](c1ccccc1)C1CCCC1. The standard InChI is InChI=1S/C15H19ClO2/c1-11(16)18-15(17)14(13-9-5-6-10-13)12-7-3-2-4-8-12/h2-4,7-8,11,13-14H,5-6,9-10H2,1H3/t11-,14+/m1/s1. The molecule has 0 heterocycles. The van der Waals surface area contributed by atoms with E-state index in [1.54, 1.807) is 6.92 Å².